The van der Waals surface area contributed by atoms with E-state index in [1.165, 1.54) is 11.3 Å². The number of aryl methyl sites for hydroxylation is 1. The van der Waals surface area contributed by atoms with Crippen molar-refractivity contribution in [2.24, 2.45) is 16.5 Å². The number of hydrogen-bond acceptors (Lipinski definition) is 6. The van der Waals surface area contributed by atoms with Crippen molar-refractivity contribution in [1.82, 2.24) is 0 Å². The molecule has 3 aromatic rings. The summed E-state index contributed by atoms with van der Waals surface area (Å²) in [6, 6.07) is 6.83. The highest BCUT2D eigenvalue weighted by Crippen LogP contribution is 2.39. The van der Waals surface area contributed by atoms with E-state index in [1.54, 1.807) is 31.4 Å². The summed E-state index contributed by atoms with van der Waals surface area (Å²) < 4.78 is 11.1. The summed E-state index contributed by atoms with van der Waals surface area (Å²) in [5, 5.41) is 1.12. The van der Waals surface area contributed by atoms with Crippen LogP contribution in [0.2, 0.25) is 0 Å². The molecule has 2 amide bonds. The lowest BCUT2D eigenvalue weighted by molar-refractivity contribution is 0.0990. The summed E-state index contributed by atoms with van der Waals surface area (Å²) in [6.45, 7) is 0. The number of ether oxygens (including phenoxy) is 1. The average molecular weight is 397 g/mol. The van der Waals surface area contributed by atoms with E-state index in [-0.39, 0.29) is 11.1 Å². The predicted octanol–water partition coefficient (Wildman–Crippen LogP) is 2.81. The Kier molecular flexibility index (Phi) is 4.64. The first-order valence-electron chi connectivity index (χ1n) is 8.88. The van der Waals surface area contributed by atoms with Crippen molar-refractivity contribution in [3.8, 4) is 5.75 Å². The molecule has 1 aromatic carbocycles. The van der Waals surface area contributed by atoms with Crippen molar-refractivity contribution >= 4 is 39.1 Å². The van der Waals surface area contributed by atoms with Crippen LogP contribution in [0.3, 0.4) is 0 Å². The fraction of sp³-hybridized carbons (Fsp3) is 0.250. The van der Waals surface area contributed by atoms with Crippen molar-refractivity contribution in [2.75, 3.05) is 7.11 Å². The number of carbonyl (C=O) groups is 2. The Labute approximate surface area is 164 Å². The molecule has 144 valence electrons. The van der Waals surface area contributed by atoms with Gasteiger partial charge in [0.1, 0.15) is 21.9 Å². The Hall–Kier alpha value is -3.13. The molecule has 0 saturated heterocycles. The fourth-order valence-electron chi connectivity index (χ4n) is 3.47. The minimum atomic E-state index is -0.672. The van der Waals surface area contributed by atoms with Crippen molar-refractivity contribution < 1.29 is 18.7 Å². The van der Waals surface area contributed by atoms with E-state index in [0.29, 0.717) is 27.3 Å². The van der Waals surface area contributed by atoms with Gasteiger partial charge in [-0.1, -0.05) is 0 Å². The van der Waals surface area contributed by atoms with Crippen LogP contribution in [0.4, 0.5) is 5.00 Å². The molecule has 0 bridgehead atoms. The van der Waals surface area contributed by atoms with Gasteiger partial charge in [-0.15, -0.1) is 11.3 Å². The number of fused-ring (bicyclic) bond motifs is 2. The molecule has 2 heterocycles. The zero-order chi connectivity index (χ0) is 19.8. The quantitative estimate of drug-likeness (QED) is 0.703. The zero-order valence-electron chi connectivity index (χ0n) is 15.3. The van der Waals surface area contributed by atoms with Gasteiger partial charge < -0.3 is 20.6 Å². The molecule has 0 aliphatic heterocycles. The van der Waals surface area contributed by atoms with Crippen LogP contribution in [0.5, 0.6) is 5.75 Å². The number of rotatable bonds is 4. The van der Waals surface area contributed by atoms with Crippen LogP contribution in [-0.2, 0) is 12.8 Å². The van der Waals surface area contributed by atoms with Gasteiger partial charge in [0.2, 0.25) is 5.55 Å². The van der Waals surface area contributed by atoms with Crippen LogP contribution in [-0.4, -0.2) is 18.9 Å². The molecule has 1 aliphatic carbocycles. The standard InChI is InChI=1S/C20H19N3O4S/c1-26-11-6-7-14-10(8-11)9-13(17(21)24)19(27-14)23-20-16(18(22)25)12-4-2-3-5-15(12)28-20/h6-9H,2-5H2,1H3,(H2,21,24)(H2,22,25). The van der Waals surface area contributed by atoms with Crippen molar-refractivity contribution in [1.29, 1.82) is 0 Å². The Bertz CT molecular complexity index is 1180. The maximum Gasteiger partial charge on any atom is 0.254 e. The lowest BCUT2D eigenvalue weighted by Crippen LogP contribution is -2.22. The molecule has 4 N–H and O–H groups in total. The molecule has 8 heteroatoms. The minimum Gasteiger partial charge on any atom is -0.497 e. The highest BCUT2D eigenvalue weighted by molar-refractivity contribution is 7.16. The molecule has 2 aromatic heterocycles. The lowest BCUT2D eigenvalue weighted by atomic mass is 9.95. The molecule has 1 aliphatic rings. The van der Waals surface area contributed by atoms with Gasteiger partial charge in [0.25, 0.3) is 11.8 Å². The molecule has 7 nitrogen and oxygen atoms in total. The second kappa shape index (κ2) is 7.12. The number of thiophene rings is 1. The smallest absolute Gasteiger partial charge is 0.254 e. The Morgan fingerprint density at radius 2 is 1.93 bits per heavy atom. The van der Waals surface area contributed by atoms with Crippen molar-refractivity contribution in [2.45, 2.75) is 25.7 Å². The van der Waals surface area contributed by atoms with Crippen LogP contribution in [0, 0.1) is 0 Å². The molecule has 4 rings (SSSR count). The van der Waals surface area contributed by atoms with Crippen LogP contribution in [0.15, 0.2) is 33.7 Å². The highest BCUT2D eigenvalue weighted by atomic mass is 32.1. The van der Waals surface area contributed by atoms with Gasteiger partial charge in [-0.05, 0) is 55.5 Å². The van der Waals surface area contributed by atoms with E-state index in [9.17, 15) is 9.59 Å². The molecule has 0 unspecified atom stereocenters. The molecular formula is C20H19N3O4S. The third-order valence-corrected chi connectivity index (χ3v) is 6.01. The number of nitrogens with zero attached hydrogens (tertiary/aromatic N) is 1. The number of benzene rings is 1. The molecule has 0 atom stereocenters. The third kappa shape index (κ3) is 3.16. The molecule has 0 spiro atoms. The van der Waals surface area contributed by atoms with Crippen molar-refractivity contribution in [3.05, 3.63) is 51.4 Å². The number of methoxy groups -OCH3 is 1. The second-order valence-electron chi connectivity index (χ2n) is 6.60. The Morgan fingerprint density at radius 3 is 2.64 bits per heavy atom. The largest absolute Gasteiger partial charge is 0.497 e. The first-order valence-corrected chi connectivity index (χ1v) is 9.70. The molecule has 0 fully saturated rings. The maximum atomic E-state index is 12.1. The first-order chi connectivity index (χ1) is 13.5. The number of nitrogens with two attached hydrogens (primary N) is 2. The first kappa shape index (κ1) is 18.2. The summed E-state index contributed by atoms with van der Waals surface area (Å²) in [6.07, 6.45) is 3.78. The lowest BCUT2D eigenvalue weighted by Gasteiger charge is -2.10. The van der Waals surface area contributed by atoms with E-state index in [1.807, 2.05) is 0 Å². The van der Waals surface area contributed by atoms with Gasteiger partial charge in [0.15, 0.2) is 0 Å². The molecule has 0 radical (unpaired) electrons. The molecule has 28 heavy (non-hydrogen) atoms. The van der Waals surface area contributed by atoms with Crippen LogP contribution >= 0.6 is 11.3 Å². The Morgan fingerprint density at radius 1 is 1.14 bits per heavy atom. The summed E-state index contributed by atoms with van der Waals surface area (Å²) in [5.41, 5.74) is 13.3. The third-order valence-electron chi connectivity index (χ3n) is 4.82. The topological polar surface area (TPSA) is 121 Å². The average Bonchev–Trinajstić information content (AvgIpc) is 3.04. The SMILES string of the molecule is COc1ccc2oc(=Nc3sc4c(c3C(N)=O)CCCC4)c(C(N)=O)cc2c1. The van der Waals surface area contributed by atoms with Crippen molar-refractivity contribution in [3.63, 3.8) is 0 Å². The summed E-state index contributed by atoms with van der Waals surface area (Å²) in [7, 11) is 1.56. The van der Waals surface area contributed by atoms with E-state index in [2.05, 4.69) is 4.99 Å². The Balaban J connectivity index is 1.97. The van der Waals surface area contributed by atoms with Gasteiger partial charge in [0.05, 0.1) is 12.7 Å². The van der Waals surface area contributed by atoms with Gasteiger partial charge in [-0.2, -0.15) is 0 Å². The highest BCUT2D eigenvalue weighted by Gasteiger charge is 2.24. The van der Waals surface area contributed by atoms with Gasteiger partial charge in [-0.25, -0.2) is 4.99 Å². The van der Waals surface area contributed by atoms with Gasteiger partial charge in [0, 0.05) is 10.3 Å². The van der Waals surface area contributed by atoms with Crippen LogP contribution < -0.4 is 21.8 Å². The van der Waals surface area contributed by atoms with Gasteiger partial charge >= 0.3 is 0 Å². The van der Waals surface area contributed by atoms with E-state index in [0.717, 1.165) is 36.1 Å². The number of primary amides is 2. The monoisotopic (exact) mass is 397 g/mol. The van der Waals surface area contributed by atoms with E-state index < -0.39 is 11.8 Å². The second-order valence-corrected chi connectivity index (χ2v) is 7.68. The summed E-state index contributed by atoms with van der Waals surface area (Å²) in [5.74, 6) is -0.566. The number of carbonyl (C=O) groups excluding carboxylic acids is 2. The van der Waals surface area contributed by atoms with E-state index >= 15 is 0 Å². The van der Waals surface area contributed by atoms with Gasteiger partial charge in [-0.3, -0.25) is 9.59 Å². The molecule has 0 saturated carbocycles. The normalized spacial score (nSPS) is 14.1. The van der Waals surface area contributed by atoms with E-state index in [4.69, 9.17) is 20.6 Å². The number of amides is 2. The molecular weight excluding hydrogens is 378 g/mol. The minimum absolute atomic E-state index is 0.0614. The van der Waals surface area contributed by atoms with Crippen LogP contribution in [0.25, 0.3) is 11.0 Å². The summed E-state index contributed by atoms with van der Waals surface area (Å²) >= 11 is 1.42. The maximum absolute atomic E-state index is 12.1. The number of hydrogen-bond donors (Lipinski definition) is 2. The zero-order valence-corrected chi connectivity index (χ0v) is 16.1. The predicted molar refractivity (Wildman–Crippen MR) is 106 cm³/mol. The van der Waals surface area contributed by atoms with Crippen LogP contribution in [0.1, 0.15) is 44.0 Å². The fourth-order valence-corrected chi connectivity index (χ4v) is 4.73. The summed E-state index contributed by atoms with van der Waals surface area (Å²) in [4.78, 5) is 29.7.